The lowest BCUT2D eigenvalue weighted by atomic mass is 10.9. The number of hydrogen-bond acceptors (Lipinski definition) is 5. The molecule has 0 saturated heterocycles. The van der Waals surface area contributed by atoms with Crippen LogP contribution in [-0.4, -0.2) is 26.3 Å². The smallest absolute Gasteiger partial charge is 0.464 e. The Morgan fingerprint density at radius 3 is 1.86 bits per heavy atom. The Hall–Kier alpha value is -0.493. The van der Waals surface area contributed by atoms with Gasteiger partial charge in [-0.25, -0.2) is 0 Å². The number of rotatable bonds is 5. The first-order valence-electron chi connectivity index (χ1n) is 4.46. The molecule has 0 unspecified atom stereocenters. The summed E-state index contributed by atoms with van der Waals surface area (Å²) in [6, 6.07) is 1.10. The first-order valence-corrected chi connectivity index (χ1v) is 7.32. The SMILES string of the molecule is CC[Si](CCS)(OC(C)=O)OC(C)=O. The van der Waals surface area contributed by atoms with E-state index in [0.717, 1.165) is 0 Å². The summed E-state index contributed by atoms with van der Waals surface area (Å²) >= 11 is 4.06. The molecule has 0 bridgehead atoms. The first-order chi connectivity index (χ1) is 6.45. The Morgan fingerprint density at radius 2 is 1.64 bits per heavy atom. The van der Waals surface area contributed by atoms with Gasteiger partial charge in [-0.2, -0.15) is 12.6 Å². The fourth-order valence-electron chi connectivity index (χ4n) is 1.14. The molecule has 0 radical (unpaired) electrons. The number of carbonyl (C=O) groups excluding carboxylic acids is 2. The first kappa shape index (κ1) is 13.5. The van der Waals surface area contributed by atoms with E-state index in [9.17, 15) is 9.59 Å². The van der Waals surface area contributed by atoms with Gasteiger partial charge in [0, 0.05) is 25.9 Å². The van der Waals surface area contributed by atoms with Gasteiger partial charge in [0.05, 0.1) is 0 Å². The molecular formula is C8H16O4SSi. The van der Waals surface area contributed by atoms with E-state index < -0.39 is 20.5 Å². The van der Waals surface area contributed by atoms with Crippen LogP contribution in [0.1, 0.15) is 20.8 Å². The Bertz CT molecular complexity index is 203. The van der Waals surface area contributed by atoms with Crippen LogP contribution in [0.25, 0.3) is 0 Å². The molecule has 0 amide bonds. The summed E-state index contributed by atoms with van der Waals surface area (Å²) in [5.74, 6) is -0.260. The highest BCUT2D eigenvalue weighted by Gasteiger charge is 2.41. The second kappa shape index (κ2) is 6.08. The van der Waals surface area contributed by atoms with E-state index in [1.807, 2.05) is 6.92 Å². The third-order valence-corrected chi connectivity index (χ3v) is 5.74. The Kier molecular flexibility index (Phi) is 5.86. The molecule has 0 aromatic heterocycles. The van der Waals surface area contributed by atoms with Crippen LogP contribution < -0.4 is 0 Å². The van der Waals surface area contributed by atoms with Crippen LogP contribution in [0.5, 0.6) is 0 Å². The van der Waals surface area contributed by atoms with Crippen molar-refractivity contribution in [2.75, 3.05) is 5.75 Å². The third kappa shape index (κ3) is 4.66. The predicted molar refractivity (Wildman–Crippen MR) is 58.4 cm³/mol. The molecule has 0 fully saturated rings. The Morgan fingerprint density at radius 1 is 1.21 bits per heavy atom. The van der Waals surface area contributed by atoms with Gasteiger partial charge in [0.2, 0.25) is 0 Å². The maximum atomic E-state index is 10.9. The van der Waals surface area contributed by atoms with E-state index in [1.165, 1.54) is 13.8 Å². The molecule has 0 N–H and O–H groups in total. The topological polar surface area (TPSA) is 52.6 Å². The molecule has 0 atom stereocenters. The van der Waals surface area contributed by atoms with Crippen LogP contribution in [0.2, 0.25) is 12.1 Å². The van der Waals surface area contributed by atoms with Crippen LogP contribution in [0.15, 0.2) is 0 Å². The summed E-state index contributed by atoms with van der Waals surface area (Å²) < 4.78 is 10.3. The van der Waals surface area contributed by atoms with Crippen molar-refractivity contribution in [3.8, 4) is 0 Å². The number of hydrogen-bond donors (Lipinski definition) is 1. The molecule has 14 heavy (non-hydrogen) atoms. The van der Waals surface area contributed by atoms with Gasteiger partial charge in [0.15, 0.2) is 0 Å². The van der Waals surface area contributed by atoms with E-state index >= 15 is 0 Å². The molecule has 82 valence electrons. The minimum absolute atomic E-state index is 0.401. The van der Waals surface area contributed by atoms with Gasteiger partial charge in [-0.05, 0) is 5.75 Å². The highest BCUT2D eigenvalue weighted by Crippen LogP contribution is 2.20. The molecule has 0 aromatic rings. The van der Waals surface area contributed by atoms with Gasteiger partial charge in [-0.3, -0.25) is 9.59 Å². The maximum Gasteiger partial charge on any atom is 0.464 e. The Balaban J connectivity index is 4.58. The lowest BCUT2D eigenvalue weighted by Crippen LogP contribution is -2.44. The van der Waals surface area contributed by atoms with Gasteiger partial charge in [-0.1, -0.05) is 6.92 Å². The predicted octanol–water partition coefficient (Wildman–Crippen LogP) is 1.50. The van der Waals surface area contributed by atoms with Crippen molar-refractivity contribution in [1.29, 1.82) is 0 Å². The molecule has 0 heterocycles. The molecule has 0 rings (SSSR count). The summed E-state index contributed by atoms with van der Waals surface area (Å²) in [6.45, 7) is 4.49. The van der Waals surface area contributed by atoms with Gasteiger partial charge in [0.25, 0.3) is 11.9 Å². The van der Waals surface area contributed by atoms with Crippen molar-refractivity contribution < 1.29 is 18.4 Å². The Labute approximate surface area is 90.6 Å². The highest BCUT2D eigenvalue weighted by atomic mass is 32.1. The summed E-state index contributed by atoms with van der Waals surface area (Å²) in [6.07, 6.45) is 0. The van der Waals surface area contributed by atoms with Crippen LogP contribution in [0, 0.1) is 0 Å². The molecule has 0 aliphatic heterocycles. The third-order valence-electron chi connectivity index (χ3n) is 1.69. The van der Waals surface area contributed by atoms with Gasteiger partial charge < -0.3 is 8.85 Å². The van der Waals surface area contributed by atoms with Crippen LogP contribution in [0.3, 0.4) is 0 Å². The monoisotopic (exact) mass is 236 g/mol. The fraction of sp³-hybridized carbons (Fsp3) is 0.750. The van der Waals surface area contributed by atoms with Gasteiger partial charge in [0.1, 0.15) is 0 Å². The van der Waals surface area contributed by atoms with E-state index in [-0.39, 0.29) is 0 Å². The van der Waals surface area contributed by atoms with E-state index in [4.69, 9.17) is 8.85 Å². The van der Waals surface area contributed by atoms with E-state index in [0.29, 0.717) is 17.8 Å². The molecule has 0 aliphatic carbocycles. The normalized spacial score (nSPS) is 10.9. The van der Waals surface area contributed by atoms with Crippen molar-refractivity contribution in [3.63, 3.8) is 0 Å². The van der Waals surface area contributed by atoms with Crippen molar-refractivity contribution in [1.82, 2.24) is 0 Å². The average Bonchev–Trinajstić information content (AvgIpc) is 2.02. The second-order valence-corrected chi connectivity index (χ2v) is 6.81. The largest absolute Gasteiger partial charge is 0.485 e. The van der Waals surface area contributed by atoms with E-state index in [1.54, 1.807) is 0 Å². The van der Waals surface area contributed by atoms with Gasteiger partial charge in [-0.15, -0.1) is 0 Å². The van der Waals surface area contributed by atoms with E-state index in [2.05, 4.69) is 12.6 Å². The quantitative estimate of drug-likeness (QED) is 0.580. The van der Waals surface area contributed by atoms with Crippen LogP contribution in [0.4, 0.5) is 0 Å². The van der Waals surface area contributed by atoms with Crippen molar-refractivity contribution in [2.45, 2.75) is 32.9 Å². The zero-order valence-electron chi connectivity index (χ0n) is 8.70. The highest BCUT2D eigenvalue weighted by molar-refractivity contribution is 7.80. The lowest BCUT2D eigenvalue weighted by molar-refractivity contribution is -0.139. The second-order valence-electron chi connectivity index (χ2n) is 2.93. The fourth-order valence-corrected chi connectivity index (χ4v) is 4.44. The number of thiol groups is 1. The lowest BCUT2D eigenvalue weighted by Gasteiger charge is -2.26. The summed E-state index contributed by atoms with van der Waals surface area (Å²) in [5.41, 5.74) is 0. The van der Waals surface area contributed by atoms with Crippen molar-refractivity contribution >= 4 is 33.1 Å². The molecule has 4 nitrogen and oxygen atoms in total. The molecular weight excluding hydrogens is 220 g/mol. The minimum atomic E-state index is -2.67. The maximum absolute atomic E-state index is 10.9. The van der Waals surface area contributed by atoms with Crippen LogP contribution in [-0.2, 0) is 18.4 Å². The zero-order chi connectivity index (χ0) is 11.2. The summed E-state index contributed by atoms with van der Waals surface area (Å²) in [5, 5.41) is 0. The molecule has 0 saturated carbocycles. The molecule has 0 spiro atoms. The summed E-state index contributed by atoms with van der Waals surface area (Å²) in [4.78, 5) is 21.7. The molecule has 6 heteroatoms. The zero-order valence-corrected chi connectivity index (χ0v) is 10.6. The minimum Gasteiger partial charge on any atom is -0.485 e. The van der Waals surface area contributed by atoms with Crippen molar-refractivity contribution in [3.05, 3.63) is 0 Å². The van der Waals surface area contributed by atoms with Crippen LogP contribution >= 0.6 is 12.6 Å². The average molecular weight is 236 g/mol. The summed E-state index contributed by atoms with van der Waals surface area (Å²) in [7, 11) is -2.67. The van der Waals surface area contributed by atoms with Gasteiger partial charge >= 0.3 is 8.56 Å². The molecule has 0 aromatic carbocycles. The standard InChI is InChI=1S/C8H16O4SSi/c1-4-14(6-5-13,11-7(2)9)12-8(3)10/h13H,4-6H2,1-3H3. The molecule has 0 aliphatic rings. The number of carbonyl (C=O) groups is 2. The van der Waals surface area contributed by atoms with Crippen molar-refractivity contribution in [2.24, 2.45) is 0 Å².